The van der Waals surface area contributed by atoms with Crippen LogP contribution in [0.3, 0.4) is 0 Å². The number of amides is 1. The van der Waals surface area contributed by atoms with Crippen molar-refractivity contribution in [3.8, 4) is 0 Å². The van der Waals surface area contributed by atoms with Crippen molar-refractivity contribution in [1.29, 1.82) is 0 Å². The van der Waals surface area contributed by atoms with Crippen LogP contribution in [-0.4, -0.2) is 57.8 Å². The van der Waals surface area contributed by atoms with E-state index in [1.807, 2.05) is 44.5 Å². The van der Waals surface area contributed by atoms with E-state index in [0.717, 1.165) is 25.1 Å². The first-order valence-corrected chi connectivity index (χ1v) is 11.6. The summed E-state index contributed by atoms with van der Waals surface area (Å²) in [6.07, 6.45) is 5.69. The van der Waals surface area contributed by atoms with Gasteiger partial charge in [0.15, 0.2) is 10.1 Å². The van der Waals surface area contributed by atoms with Crippen molar-refractivity contribution in [2.24, 2.45) is 0 Å². The van der Waals surface area contributed by atoms with E-state index in [1.165, 1.54) is 4.90 Å². The van der Waals surface area contributed by atoms with Crippen molar-refractivity contribution < 1.29 is 23.5 Å². The smallest absolute Gasteiger partial charge is 0.410 e. The molecule has 0 aliphatic carbocycles. The van der Waals surface area contributed by atoms with Gasteiger partial charge in [-0.2, -0.15) is 0 Å². The summed E-state index contributed by atoms with van der Waals surface area (Å²) < 4.78 is 25.3. The zero-order valence-electron chi connectivity index (χ0n) is 18.7. The average Bonchev–Trinajstić information content (AvgIpc) is 3.34. The largest absolute Gasteiger partial charge is 0.444 e. The summed E-state index contributed by atoms with van der Waals surface area (Å²) in [6, 6.07) is 1.54. The second kappa shape index (κ2) is 10.3. The predicted molar refractivity (Wildman–Crippen MR) is 122 cm³/mol. The highest BCUT2D eigenvalue weighted by Gasteiger charge is 2.29. The summed E-state index contributed by atoms with van der Waals surface area (Å²) in [5.41, 5.74) is 0.118. The van der Waals surface area contributed by atoms with Gasteiger partial charge >= 0.3 is 6.09 Å². The van der Waals surface area contributed by atoms with Gasteiger partial charge in [0.05, 0.1) is 12.6 Å². The third-order valence-electron chi connectivity index (χ3n) is 4.88. The molecule has 2 aromatic heterocycles. The van der Waals surface area contributed by atoms with Crippen LogP contribution in [0.25, 0.3) is 0 Å². The summed E-state index contributed by atoms with van der Waals surface area (Å²) >= 11 is 2.07. The molecule has 0 N–H and O–H groups in total. The lowest BCUT2D eigenvalue weighted by Gasteiger charge is -2.29. The third-order valence-corrected chi connectivity index (χ3v) is 5.39. The Labute approximate surface area is 196 Å². The Morgan fingerprint density at radius 1 is 1.42 bits per heavy atom. The number of likely N-dealkylation sites (N-methyl/N-ethyl adjacent to an activating group) is 1. The van der Waals surface area contributed by atoms with Crippen LogP contribution in [0.5, 0.6) is 0 Å². The second-order valence-corrected chi connectivity index (χ2v) is 9.76. The minimum absolute atomic E-state index is 0.232. The average molecular weight is 546 g/mol. The Balaban J connectivity index is 1.82. The van der Waals surface area contributed by atoms with Crippen molar-refractivity contribution in [2.75, 3.05) is 20.2 Å². The number of hydrogen-bond acceptors (Lipinski definition) is 7. The fourth-order valence-electron chi connectivity index (χ4n) is 3.43. The highest BCUT2D eigenvalue weighted by atomic mass is 127. The van der Waals surface area contributed by atoms with Gasteiger partial charge in [0, 0.05) is 54.7 Å². The van der Waals surface area contributed by atoms with E-state index in [9.17, 15) is 4.79 Å². The normalized spacial score (nSPS) is 19.1. The SMILES string of the molecule is CC(OC1CCCCO1)c1nccn1[C@H](CN(C)C(=O)OC(C)(C)C)c1cc(I)on1. The molecule has 3 atom stereocenters. The molecule has 172 valence electrons. The van der Waals surface area contributed by atoms with Gasteiger partial charge in [-0.25, -0.2) is 9.78 Å². The lowest BCUT2D eigenvalue weighted by atomic mass is 10.1. The maximum Gasteiger partial charge on any atom is 0.410 e. The van der Waals surface area contributed by atoms with Crippen LogP contribution in [0.1, 0.15) is 70.6 Å². The Bertz CT molecular complexity index is 856. The van der Waals surface area contributed by atoms with E-state index >= 15 is 0 Å². The van der Waals surface area contributed by atoms with Gasteiger partial charge in [-0.05, 0) is 47.0 Å². The fourth-order valence-corrected chi connectivity index (χ4v) is 3.85. The molecule has 0 spiro atoms. The first-order valence-electron chi connectivity index (χ1n) is 10.5. The molecule has 1 amide bonds. The van der Waals surface area contributed by atoms with E-state index < -0.39 is 11.7 Å². The van der Waals surface area contributed by atoms with Crippen LogP contribution >= 0.6 is 22.6 Å². The number of ether oxygens (including phenoxy) is 3. The fraction of sp³-hybridized carbons (Fsp3) is 0.667. The molecular formula is C21H31IN4O5. The van der Waals surface area contributed by atoms with Gasteiger partial charge < -0.3 is 28.2 Å². The van der Waals surface area contributed by atoms with Crippen molar-refractivity contribution in [3.63, 3.8) is 0 Å². The van der Waals surface area contributed by atoms with Gasteiger partial charge in [-0.3, -0.25) is 0 Å². The molecular weight excluding hydrogens is 515 g/mol. The van der Waals surface area contributed by atoms with Crippen LogP contribution in [0.4, 0.5) is 4.79 Å². The van der Waals surface area contributed by atoms with E-state index in [2.05, 4.69) is 32.7 Å². The minimum Gasteiger partial charge on any atom is -0.444 e. The first-order chi connectivity index (χ1) is 14.6. The topological polar surface area (TPSA) is 91.9 Å². The van der Waals surface area contributed by atoms with Gasteiger partial charge in [0.1, 0.15) is 23.2 Å². The highest BCUT2D eigenvalue weighted by Crippen LogP contribution is 2.28. The summed E-state index contributed by atoms with van der Waals surface area (Å²) in [5.74, 6) is 0.731. The molecule has 9 nitrogen and oxygen atoms in total. The summed E-state index contributed by atoms with van der Waals surface area (Å²) in [6.45, 7) is 8.53. The van der Waals surface area contributed by atoms with Crippen molar-refractivity contribution >= 4 is 28.7 Å². The molecule has 3 rings (SSSR count). The third kappa shape index (κ3) is 6.66. The summed E-state index contributed by atoms with van der Waals surface area (Å²) in [7, 11) is 1.71. The zero-order valence-corrected chi connectivity index (χ0v) is 20.9. The number of imidazole rings is 1. The van der Waals surface area contributed by atoms with Crippen LogP contribution < -0.4 is 0 Å². The minimum atomic E-state index is -0.577. The number of hydrogen-bond donors (Lipinski definition) is 0. The summed E-state index contributed by atoms with van der Waals surface area (Å²) in [5, 5.41) is 4.20. The molecule has 0 radical (unpaired) electrons. The number of rotatable bonds is 7. The molecule has 2 aromatic rings. The Kier molecular flexibility index (Phi) is 7.98. The Morgan fingerprint density at radius 3 is 2.81 bits per heavy atom. The van der Waals surface area contributed by atoms with Crippen LogP contribution in [0.15, 0.2) is 23.0 Å². The predicted octanol–water partition coefficient (Wildman–Crippen LogP) is 4.54. The maximum atomic E-state index is 12.6. The number of carbonyl (C=O) groups is 1. The van der Waals surface area contributed by atoms with E-state index in [0.29, 0.717) is 22.6 Å². The molecule has 1 saturated heterocycles. The quantitative estimate of drug-likeness (QED) is 0.471. The van der Waals surface area contributed by atoms with E-state index in [-0.39, 0.29) is 18.4 Å². The molecule has 1 aliphatic heterocycles. The van der Waals surface area contributed by atoms with Crippen molar-refractivity contribution in [3.05, 3.63) is 33.7 Å². The van der Waals surface area contributed by atoms with Crippen LogP contribution in [-0.2, 0) is 14.2 Å². The lowest BCUT2D eigenvalue weighted by molar-refractivity contribution is -0.188. The molecule has 1 fully saturated rings. The van der Waals surface area contributed by atoms with E-state index in [1.54, 1.807) is 13.2 Å². The molecule has 0 saturated carbocycles. The Hall–Kier alpha value is -1.66. The van der Waals surface area contributed by atoms with E-state index in [4.69, 9.17) is 18.7 Å². The molecule has 10 heteroatoms. The van der Waals surface area contributed by atoms with Gasteiger partial charge in [0.25, 0.3) is 0 Å². The molecule has 0 aromatic carbocycles. The first kappa shape index (κ1) is 24.0. The lowest BCUT2D eigenvalue weighted by Crippen LogP contribution is -2.38. The molecule has 0 bridgehead atoms. The molecule has 1 aliphatic rings. The van der Waals surface area contributed by atoms with Crippen LogP contribution in [0, 0.1) is 3.77 Å². The highest BCUT2D eigenvalue weighted by molar-refractivity contribution is 14.1. The molecule has 2 unspecified atom stereocenters. The van der Waals surface area contributed by atoms with Gasteiger partial charge in [-0.15, -0.1) is 0 Å². The maximum absolute atomic E-state index is 12.6. The number of halogens is 1. The molecule has 31 heavy (non-hydrogen) atoms. The van der Waals surface area contributed by atoms with Crippen molar-refractivity contribution in [1.82, 2.24) is 19.6 Å². The van der Waals surface area contributed by atoms with Crippen molar-refractivity contribution in [2.45, 2.75) is 71.0 Å². The second-order valence-electron chi connectivity index (χ2n) is 8.70. The molecule has 3 heterocycles. The number of carbonyl (C=O) groups excluding carboxylic acids is 1. The van der Waals surface area contributed by atoms with Gasteiger partial charge in [-0.1, -0.05) is 5.16 Å². The monoisotopic (exact) mass is 546 g/mol. The Morgan fingerprint density at radius 2 is 2.19 bits per heavy atom. The van der Waals surface area contributed by atoms with Gasteiger partial charge in [0.2, 0.25) is 0 Å². The van der Waals surface area contributed by atoms with Crippen LogP contribution in [0.2, 0.25) is 0 Å². The summed E-state index contributed by atoms with van der Waals surface area (Å²) in [4.78, 5) is 18.6. The number of nitrogens with zero attached hydrogens (tertiary/aromatic N) is 4. The zero-order chi connectivity index (χ0) is 22.6. The standard InChI is InChI=1S/C21H31IN4O5/c1-14(29-18-8-6-7-11-28-18)19-23-9-10-26(19)16(15-12-17(22)31-24-15)13-25(5)20(27)30-21(2,3)4/h9-10,12,14,16,18H,6-8,11,13H2,1-5H3/t14?,16-,18?/m1/s1. The number of aromatic nitrogens is 3.